The van der Waals surface area contributed by atoms with Crippen molar-refractivity contribution in [1.82, 2.24) is 9.88 Å². The number of pyridine rings is 1. The summed E-state index contributed by atoms with van der Waals surface area (Å²) >= 11 is 0. The molecular weight excluding hydrogens is 390 g/mol. The van der Waals surface area contributed by atoms with Crippen molar-refractivity contribution in [3.63, 3.8) is 0 Å². The highest BCUT2D eigenvalue weighted by molar-refractivity contribution is 5.90. The fourth-order valence-electron chi connectivity index (χ4n) is 5.24. The molecule has 6 nitrogen and oxygen atoms in total. The molecule has 0 spiro atoms. The average molecular weight is 428 g/mol. The molecule has 0 aromatic carbocycles. The summed E-state index contributed by atoms with van der Waals surface area (Å²) in [7, 11) is 1.66. The first-order valence-electron chi connectivity index (χ1n) is 11.9. The molecule has 0 bridgehead atoms. The Labute approximate surface area is 185 Å². The standard InChI is InChI=1S/C25H37N3O3/c1-19-18-26-25(23-9-16-31-24(19)23)28-13-11-27(12-14-28)10-7-20-3-5-21(6-4-20)17-22(29)8-15-30-2/h9,16,18,20-21H,3-8,10-15,17H2,1-2H3. The van der Waals surface area contributed by atoms with Crippen molar-refractivity contribution in [2.45, 2.75) is 51.9 Å². The molecule has 2 aromatic heterocycles. The third-order valence-corrected chi connectivity index (χ3v) is 7.24. The van der Waals surface area contributed by atoms with Crippen LogP contribution >= 0.6 is 0 Å². The first kappa shape index (κ1) is 22.3. The number of nitrogens with zero attached hydrogens (tertiary/aromatic N) is 3. The Morgan fingerprint density at radius 2 is 1.90 bits per heavy atom. The molecule has 2 fully saturated rings. The maximum absolute atomic E-state index is 12.0. The van der Waals surface area contributed by atoms with Crippen LogP contribution in [0.3, 0.4) is 0 Å². The van der Waals surface area contributed by atoms with Crippen LogP contribution in [0.1, 0.15) is 50.5 Å². The first-order chi connectivity index (χ1) is 15.1. The van der Waals surface area contributed by atoms with E-state index in [1.807, 2.05) is 19.2 Å². The Bertz CT molecular complexity index is 849. The SMILES string of the molecule is COCCC(=O)CC1CCC(CCN2CCN(c3ncc(C)c4occc34)CC2)CC1. The smallest absolute Gasteiger partial charge is 0.142 e. The van der Waals surface area contributed by atoms with E-state index in [0.717, 1.165) is 60.9 Å². The summed E-state index contributed by atoms with van der Waals surface area (Å²) in [5, 5.41) is 1.13. The Morgan fingerprint density at radius 3 is 2.65 bits per heavy atom. The molecule has 2 aromatic rings. The van der Waals surface area contributed by atoms with Gasteiger partial charge in [-0.15, -0.1) is 0 Å². The molecule has 1 aliphatic carbocycles. The Kier molecular flexibility index (Phi) is 7.62. The van der Waals surface area contributed by atoms with Crippen LogP contribution in [0, 0.1) is 18.8 Å². The molecule has 170 valence electrons. The van der Waals surface area contributed by atoms with Gasteiger partial charge in [-0.25, -0.2) is 4.98 Å². The van der Waals surface area contributed by atoms with Crippen molar-refractivity contribution in [3.8, 4) is 0 Å². The number of piperazine rings is 1. The maximum Gasteiger partial charge on any atom is 0.142 e. The molecule has 1 saturated heterocycles. The van der Waals surface area contributed by atoms with Crippen LogP contribution < -0.4 is 4.90 Å². The number of carbonyl (C=O) groups excluding carboxylic acids is 1. The van der Waals surface area contributed by atoms with E-state index in [0.29, 0.717) is 24.7 Å². The first-order valence-corrected chi connectivity index (χ1v) is 11.9. The van der Waals surface area contributed by atoms with Crippen LogP contribution in [0.2, 0.25) is 0 Å². The lowest BCUT2D eigenvalue weighted by atomic mass is 9.78. The van der Waals surface area contributed by atoms with Gasteiger partial charge in [-0.05, 0) is 50.6 Å². The lowest BCUT2D eigenvalue weighted by Gasteiger charge is -2.37. The second kappa shape index (κ2) is 10.6. The Balaban J connectivity index is 1.17. The van der Waals surface area contributed by atoms with Gasteiger partial charge in [-0.3, -0.25) is 9.69 Å². The molecule has 0 amide bonds. The highest BCUT2D eigenvalue weighted by Crippen LogP contribution is 2.33. The van der Waals surface area contributed by atoms with E-state index in [1.165, 1.54) is 38.6 Å². The fraction of sp³-hybridized carbons (Fsp3) is 0.680. The molecule has 1 saturated carbocycles. The zero-order chi connectivity index (χ0) is 21.6. The number of methoxy groups -OCH3 is 1. The Hall–Kier alpha value is -1.92. The van der Waals surface area contributed by atoms with E-state index >= 15 is 0 Å². The predicted octanol–water partition coefficient (Wildman–Crippen LogP) is 4.45. The predicted molar refractivity (Wildman–Crippen MR) is 124 cm³/mol. The number of Topliss-reactive ketones (excluding diaryl/α,β-unsaturated/α-hetero) is 1. The second-order valence-corrected chi connectivity index (χ2v) is 9.42. The number of ether oxygens (including phenoxy) is 1. The summed E-state index contributed by atoms with van der Waals surface area (Å²) in [5.41, 5.74) is 2.06. The van der Waals surface area contributed by atoms with E-state index in [-0.39, 0.29) is 0 Å². The number of hydrogen-bond donors (Lipinski definition) is 0. The van der Waals surface area contributed by atoms with E-state index < -0.39 is 0 Å². The topological polar surface area (TPSA) is 58.8 Å². The number of fused-ring (bicyclic) bond motifs is 1. The van der Waals surface area contributed by atoms with Crippen LogP contribution in [-0.4, -0.2) is 62.1 Å². The van der Waals surface area contributed by atoms with E-state index in [4.69, 9.17) is 14.1 Å². The summed E-state index contributed by atoms with van der Waals surface area (Å²) in [5.74, 6) is 2.87. The van der Waals surface area contributed by atoms with Crippen LogP contribution in [0.5, 0.6) is 0 Å². The highest BCUT2D eigenvalue weighted by Gasteiger charge is 2.25. The molecular formula is C25H37N3O3. The van der Waals surface area contributed by atoms with Gasteiger partial charge in [0.05, 0.1) is 18.3 Å². The lowest BCUT2D eigenvalue weighted by Crippen LogP contribution is -2.47. The number of ketones is 1. The zero-order valence-corrected chi connectivity index (χ0v) is 19.1. The lowest BCUT2D eigenvalue weighted by molar-refractivity contribution is -0.121. The molecule has 4 rings (SSSR count). The van der Waals surface area contributed by atoms with Crippen LogP contribution in [0.15, 0.2) is 22.9 Å². The molecule has 0 radical (unpaired) electrons. The van der Waals surface area contributed by atoms with Crippen LogP contribution in [-0.2, 0) is 9.53 Å². The molecule has 1 aliphatic heterocycles. The number of aromatic nitrogens is 1. The van der Waals surface area contributed by atoms with Gasteiger partial charge in [-0.1, -0.05) is 12.8 Å². The molecule has 6 heteroatoms. The largest absolute Gasteiger partial charge is 0.464 e. The molecule has 2 aliphatic rings. The monoisotopic (exact) mass is 427 g/mol. The van der Waals surface area contributed by atoms with Crippen molar-refractivity contribution in [1.29, 1.82) is 0 Å². The van der Waals surface area contributed by atoms with E-state index in [1.54, 1.807) is 13.4 Å². The molecule has 0 unspecified atom stereocenters. The number of anilines is 1. The quantitative estimate of drug-likeness (QED) is 0.589. The van der Waals surface area contributed by atoms with Crippen molar-refractivity contribution < 1.29 is 13.9 Å². The normalized spacial score (nSPS) is 22.8. The summed E-state index contributed by atoms with van der Waals surface area (Å²) in [6.07, 6.45) is 11.3. The fourth-order valence-corrected chi connectivity index (χ4v) is 5.24. The number of carbonyl (C=O) groups is 1. The van der Waals surface area contributed by atoms with Gasteiger partial charge in [-0.2, -0.15) is 0 Å². The zero-order valence-electron chi connectivity index (χ0n) is 19.1. The minimum atomic E-state index is 0.374. The summed E-state index contributed by atoms with van der Waals surface area (Å²) in [4.78, 5) is 21.7. The minimum absolute atomic E-state index is 0.374. The third-order valence-electron chi connectivity index (χ3n) is 7.24. The minimum Gasteiger partial charge on any atom is -0.464 e. The number of furan rings is 1. The maximum atomic E-state index is 12.0. The van der Waals surface area contributed by atoms with Crippen LogP contribution in [0.25, 0.3) is 11.0 Å². The summed E-state index contributed by atoms with van der Waals surface area (Å²) in [6.45, 7) is 8.04. The molecule has 3 heterocycles. The van der Waals surface area contributed by atoms with Crippen molar-refractivity contribution in [2.24, 2.45) is 11.8 Å². The van der Waals surface area contributed by atoms with Gasteiger partial charge in [0.2, 0.25) is 0 Å². The van der Waals surface area contributed by atoms with E-state index in [9.17, 15) is 4.79 Å². The van der Waals surface area contributed by atoms with Crippen molar-refractivity contribution >= 4 is 22.6 Å². The molecule has 31 heavy (non-hydrogen) atoms. The highest BCUT2D eigenvalue weighted by atomic mass is 16.5. The molecule has 0 atom stereocenters. The van der Waals surface area contributed by atoms with Gasteiger partial charge in [0, 0.05) is 57.9 Å². The van der Waals surface area contributed by atoms with Gasteiger partial charge in [0.25, 0.3) is 0 Å². The molecule has 0 N–H and O–H groups in total. The van der Waals surface area contributed by atoms with Gasteiger partial charge in [0.1, 0.15) is 17.2 Å². The van der Waals surface area contributed by atoms with Crippen molar-refractivity contribution in [2.75, 3.05) is 51.3 Å². The van der Waals surface area contributed by atoms with Gasteiger partial charge in [0.15, 0.2) is 0 Å². The number of hydrogen-bond acceptors (Lipinski definition) is 6. The second-order valence-electron chi connectivity index (χ2n) is 9.42. The number of aryl methyl sites for hydroxylation is 1. The van der Waals surface area contributed by atoms with Gasteiger partial charge >= 0.3 is 0 Å². The Morgan fingerprint density at radius 1 is 1.16 bits per heavy atom. The van der Waals surface area contributed by atoms with Gasteiger partial charge < -0.3 is 14.1 Å². The summed E-state index contributed by atoms with van der Waals surface area (Å²) in [6, 6.07) is 2.04. The summed E-state index contributed by atoms with van der Waals surface area (Å²) < 4.78 is 10.7. The van der Waals surface area contributed by atoms with E-state index in [2.05, 4.69) is 9.80 Å². The van der Waals surface area contributed by atoms with Crippen molar-refractivity contribution in [3.05, 3.63) is 24.1 Å². The number of rotatable bonds is 9. The average Bonchev–Trinajstić information content (AvgIpc) is 3.29. The van der Waals surface area contributed by atoms with Crippen LogP contribution in [0.4, 0.5) is 5.82 Å². The third kappa shape index (κ3) is 5.66.